The second kappa shape index (κ2) is 7.42. The first kappa shape index (κ1) is 19.8. The molecule has 0 aliphatic carbocycles. The summed E-state index contributed by atoms with van der Waals surface area (Å²) in [4.78, 5) is 14.9. The summed E-state index contributed by atoms with van der Waals surface area (Å²) in [5.74, 6) is -0.834. The van der Waals surface area contributed by atoms with Crippen LogP contribution in [0.2, 0.25) is 0 Å². The summed E-state index contributed by atoms with van der Waals surface area (Å²) >= 11 is 0. The number of para-hydroxylation sites is 1. The molecular formula is C23H19FN2O3S. The molecule has 5 nitrogen and oxygen atoms in total. The van der Waals surface area contributed by atoms with Gasteiger partial charge in [-0.3, -0.25) is 4.79 Å². The molecule has 30 heavy (non-hydrogen) atoms. The van der Waals surface area contributed by atoms with Gasteiger partial charge in [-0.15, -0.1) is 0 Å². The molecule has 0 saturated carbocycles. The van der Waals surface area contributed by atoms with Crippen LogP contribution in [0.25, 0.3) is 11.1 Å². The highest BCUT2D eigenvalue weighted by Crippen LogP contribution is 2.38. The number of sulfone groups is 1. The Morgan fingerprint density at radius 1 is 0.933 bits per heavy atom. The van der Waals surface area contributed by atoms with Gasteiger partial charge < -0.3 is 10.6 Å². The van der Waals surface area contributed by atoms with Crippen LogP contribution >= 0.6 is 0 Å². The number of hydrogen-bond acceptors (Lipinski definition) is 4. The Labute approximate surface area is 174 Å². The maximum absolute atomic E-state index is 14.4. The molecule has 0 atom stereocenters. The molecule has 4 rings (SSSR count). The van der Waals surface area contributed by atoms with Crippen LogP contribution in [-0.2, 0) is 14.6 Å². The number of nitrogens with zero attached hydrogens (tertiary/aromatic N) is 1. The van der Waals surface area contributed by atoms with E-state index >= 15 is 0 Å². The van der Waals surface area contributed by atoms with Gasteiger partial charge in [-0.1, -0.05) is 36.4 Å². The third-order valence-corrected chi connectivity index (χ3v) is 6.15. The van der Waals surface area contributed by atoms with Crippen LogP contribution in [0.15, 0.2) is 77.7 Å². The van der Waals surface area contributed by atoms with E-state index in [9.17, 15) is 17.6 Å². The van der Waals surface area contributed by atoms with Gasteiger partial charge in [-0.25, -0.2) is 12.8 Å². The number of nitrogens with two attached hydrogens (primary N) is 1. The van der Waals surface area contributed by atoms with Crippen LogP contribution in [0.5, 0.6) is 0 Å². The monoisotopic (exact) mass is 422 g/mol. The lowest BCUT2D eigenvalue weighted by atomic mass is 9.96. The molecule has 1 amide bonds. The average molecular weight is 422 g/mol. The molecule has 3 aromatic carbocycles. The highest BCUT2D eigenvalue weighted by molar-refractivity contribution is 7.90. The number of carbonyl (C=O) groups is 1. The summed E-state index contributed by atoms with van der Waals surface area (Å²) in [6.07, 6.45) is 1.14. The number of anilines is 2. The fraction of sp³-hybridized carbons (Fsp3) is 0.0870. The minimum atomic E-state index is -3.34. The maximum Gasteiger partial charge on any atom is 0.259 e. The van der Waals surface area contributed by atoms with Crippen molar-refractivity contribution in [1.29, 1.82) is 0 Å². The van der Waals surface area contributed by atoms with Gasteiger partial charge in [0.2, 0.25) is 0 Å². The van der Waals surface area contributed by atoms with Crippen LogP contribution < -0.4 is 10.6 Å². The topological polar surface area (TPSA) is 80.5 Å². The van der Waals surface area contributed by atoms with Gasteiger partial charge in [-0.2, -0.15) is 0 Å². The van der Waals surface area contributed by atoms with Crippen LogP contribution in [0.4, 0.5) is 15.8 Å². The highest BCUT2D eigenvalue weighted by atomic mass is 32.2. The van der Waals surface area contributed by atoms with Crippen LogP contribution in [0, 0.1) is 5.82 Å². The van der Waals surface area contributed by atoms with Gasteiger partial charge in [0.25, 0.3) is 5.91 Å². The van der Waals surface area contributed by atoms with Crippen molar-refractivity contribution in [2.75, 3.05) is 23.4 Å². The molecule has 0 radical (unpaired) electrons. The molecule has 0 aromatic heterocycles. The molecule has 0 fully saturated rings. The molecule has 1 aliphatic heterocycles. The first-order valence-corrected chi connectivity index (χ1v) is 11.1. The zero-order chi connectivity index (χ0) is 21.5. The predicted octanol–water partition coefficient (Wildman–Crippen LogP) is 3.77. The number of hydrogen-bond donors (Lipinski definition) is 1. The van der Waals surface area contributed by atoms with Gasteiger partial charge >= 0.3 is 0 Å². The molecule has 1 heterocycles. The molecule has 2 N–H and O–H groups in total. The molecule has 0 bridgehead atoms. The summed E-state index contributed by atoms with van der Waals surface area (Å²) in [6, 6.07) is 19.4. The zero-order valence-corrected chi connectivity index (χ0v) is 17.0. The smallest absolute Gasteiger partial charge is 0.259 e. The number of rotatable bonds is 4. The van der Waals surface area contributed by atoms with Gasteiger partial charge in [-0.05, 0) is 53.1 Å². The molecule has 0 unspecified atom stereocenters. The minimum Gasteiger partial charge on any atom is -0.399 e. The highest BCUT2D eigenvalue weighted by Gasteiger charge is 2.34. The van der Waals surface area contributed by atoms with E-state index in [4.69, 9.17) is 5.73 Å². The van der Waals surface area contributed by atoms with Crippen molar-refractivity contribution in [3.8, 4) is 0 Å². The quantitative estimate of drug-likeness (QED) is 0.649. The van der Waals surface area contributed by atoms with E-state index < -0.39 is 15.7 Å². The Bertz CT molecular complexity index is 1280. The van der Waals surface area contributed by atoms with E-state index in [0.29, 0.717) is 28.0 Å². The Morgan fingerprint density at radius 3 is 2.27 bits per heavy atom. The Hall–Kier alpha value is -3.45. The van der Waals surface area contributed by atoms with Crippen molar-refractivity contribution in [1.82, 2.24) is 0 Å². The maximum atomic E-state index is 14.4. The number of amides is 1. The number of halogens is 1. The Morgan fingerprint density at radius 2 is 1.63 bits per heavy atom. The molecule has 0 spiro atoms. The number of benzene rings is 3. The third kappa shape index (κ3) is 3.59. The number of nitrogen functional groups attached to an aromatic ring is 1. The lowest BCUT2D eigenvalue weighted by molar-refractivity contribution is -0.112. The summed E-state index contributed by atoms with van der Waals surface area (Å²) in [5, 5.41) is 0. The van der Waals surface area contributed by atoms with E-state index in [1.54, 1.807) is 54.6 Å². The molecule has 3 aromatic rings. The Balaban J connectivity index is 1.86. The van der Waals surface area contributed by atoms with Crippen LogP contribution in [0.3, 0.4) is 0 Å². The fourth-order valence-corrected chi connectivity index (χ4v) is 4.20. The normalized spacial score (nSPS) is 14.5. The zero-order valence-electron chi connectivity index (χ0n) is 16.2. The average Bonchev–Trinajstić information content (AvgIpc) is 3.05. The van der Waals surface area contributed by atoms with Crippen LogP contribution in [-0.4, -0.2) is 27.1 Å². The van der Waals surface area contributed by atoms with Gasteiger partial charge in [0, 0.05) is 11.9 Å². The molecular weight excluding hydrogens is 403 g/mol. The van der Waals surface area contributed by atoms with Crippen molar-refractivity contribution < 1.29 is 17.6 Å². The third-order valence-electron chi connectivity index (χ3n) is 5.03. The van der Waals surface area contributed by atoms with Crippen molar-refractivity contribution >= 4 is 38.3 Å². The first-order chi connectivity index (χ1) is 14.3. The van der Waals surface area contributed by atoms with E-state index in [0.717, 1.165) is 6.26 Å². The molecule has 7 heteroatoms. The lowest BCUT2D eigenvalue weighted by Gasteiger charge is -2.18. The second-order valence-corrected chi connectivity index (χ2v) is 9.13. The van der Waals surface area contributed by atoms with E-state index in [-0.39, 0.29) is 23.0 Å². The van der Waals surface area contributed by atoms with Crippen molar-refractivity contribution in [3.05, 3.63) is 89.7 Å². The van der Waals surface area contributed by atoms with Crippen LogP contribution in [0.1, 0.15) is 11.1 Å². The summed E-state index contributed by atoms with van der Waals surface area (Å²) in [5.41, 5.74) is 9.01. The SMILES string of the molecule is CS(=O)(=O)c1ccc(C2=C(c3cccc(N)c3)C(=O)N(c3ccccc3F)C2)cc1. The van der Waals surface area contributed by atoms with Crippen molar-refractivity contribution in [2.45, 2.75) is 4.90 Å². The van der Waals surface area contributed by atoms with E-state index in [1.165, 1.54) is 23.1 Å². The van der Waals surface area contributed by atoms with Crippen molar-refractivity contribution in [2.24, 2.45) is 0 Å². The standard InChI is InChI=1S/C23H19FN2O3S/c1-30(28,29)18-11-9-15(10-12-18)19-14-26(21-8-3-2-7-20(21)24)23(27)22(19)16-5-4-6-17(25)13-16/h2-13H,14,25H2,1H3. The van der Waals surface area contributed by atoms with E-state index in [2.05, 4.69) is 0 Å². The summed E-state index contributed by atoms with van der Waals surface area (Å²) < 4.78 is 38.0. The first-order valence-electron chi connectivity index (χ1n) is 9.21. The number of carbonyl (C=O) groups excluding carboxylic acids is 1. The summed E-state index contributed by atoms with van der Waals surface area (Å²) in [6.45, 7) is 0.155. The minimum absolute atomic E-state index is 0.155. The predicted molar refractivity (Wildman–Crippen MR) is 116 cm³/mol. The lowest BCUT2D eigenvalue weighted by Crippen LogP contribution is -2.27. The fourth-order valence-electron chi connectivity index (χ4n) is 3.57. The summed E-state index contributed by atoms with van der Waals surface area (Å²) in [7, 11) is -3.34. The van der Waals surface area contributed by atoms with Crippen molar-refractivity contribution in [3.63, 3.8) is 0 Å². The van der Waals surface area contributed by atoms with Gasteiger partial charge in [0.1, 0.15) is 5.82 Å². The second-order valence-electron chi connectivity index (χ2n) is 7.12. The van der Waals surface area contributed by atoms with Gasteiger partial charge in [0.05, 0.1) is 22.7 Å². The largest absolute Gasteiger partial charge is 0.399 e. The van der Waals surface area contributed by atoms with E-state index in [1.807, 2.05) is 0 Å². The molecule has 152 valence electrons. The molecule has 0 saturated heterocycles. The Kier molecular flexibility index (Phi) is 4.91. The molecule has 1 aliphatic rings. The van der Waals surface area contributed by atoms with Gasteiger partial charge in [0.15, 0.2) is 9.84 Å².